The molecule has 0 aromatic heterocycles. The van der Waals surface area contributed by atoms with Crippen LogP contribution in [0.2, 0.25) is 0 Å². The molecular formula is C21H26NO3. The van der Waals surface area contributed by atoms with Crippen LogP contribution in [0.15, 0.2) is 24.3 Å². The molecule has 4 heteroatoms. The molecule has 25 heavy (non-hydrogen) atoms. The van der Waals surface area contributed by atoms with Gasteiger partial charge in [-0.05, 0) is 70.7 Å². The number of rotatable bonds is 6. The summed E-state index contributed by atoms with van der Waals surface area (Å²) in [6.07, 6.45) is 1.93. The van der Waals surface area contributed by atoms with E-state index < -0.39 is 6.04 Å². The second-order valence-electron chi connectivity index (χ2n) is 6.72. The summed E-state index contributed by atoms with van der Waals surface area (Å²) < 4.78 is 0. The fourth-order valence-electron chi connectivity index (χ4n) is 3.02. The highest BCUT2D eigenvalue weighted by Crippen LogP contribution is 2.29. The van der Waals surface area contributed by atoms with Crippen molar-refractivity contribution in [3.8, 4) is 11.5 Å². The maximum atomic E-state index is 11.2. The molecule has 0 N–H and O–H groups in total. The minimum Gasteiger partial charge on any atom is -0.370 e. The van der Waals surface area contributed by atoms with Gasteiger partial charge in [-0.15, -0.1) is 0 Å². The van der Waals surface area contributed by atoms with Crippen LogP contribution in [0.25, 0.3) is 0 Å². The third kappa shape index (κ3) is 4.40. The van der Waals surface area contributed by atoms with Crippen molar-refractivity contribution in [2.24, 2.45) is 0 Å². The predicted molar refractivity (Wildman–Crippen MR) is 99.6 cm³/mol. The molecule has 0 aliphatic heterocycles. The van der Waals surface area contributed by atoms with Crippen molar-refractivity contribution in [2.45, 2.75) is 54.5 Å². The van der Waals surface area contributed by atoms with Crippen molar-refractivity contribution in [3.63, 3.8) is 0 Å². The number of hydrogen-bond donors (Lipinski definition) is 0. The normalized spacial score (nSPS) is 12.2. The molecule has 0 saturated carbocycles. The molecule has 0 saturated heterocycles. The lowest BCUT2D eigenvalue weighted by molar-refractivity contribution is -0.267. The average molecular weight is 340 g/mol. The highest BCUT2D eigenvalue weighted by molar-refractivity contribution is 5.57. The van der Waals surface area contributed by atoms with Gasteiger partial charge in [-0.25, -0.2) is 0 Å². The third-order valence-electron chi connectivity index (χ3n) is 4.06. The van der Waals surface area contributed by atoms with E-state index in [-0.39, 0.29) is 0 Å². The molecule has 1 atom stereocenters. The second kappa shape index (κ2) is 7.70. The summed E-state index contributed by atoms with van der Waals surface area (Å²) in [6.45, 7) is 13.7. The van der Waals surface area contributed by atoms with E-state index in [2.05, 4.69) is 0 Å². The quantitative estimate of drug-likeness (QED) is 0.719. The molecule has 0 heterocycles. The summed E-state index contributed by atoms with van der Waals surface area (Å²) in [5.74, 6) is 1.38. The van der Waals surface area contributed by atoms with Crippen molar-refractivity contribution >= 4 is 6.29 Å². The van der Waals surface area contributed by atoms with Gasteiger partial charge in [-0.2, -0.15) is 0 Å². The van der Waals surface area contributed by atoms with Gasteiger partial charge in [0.2, 0.25) is 6.29 Å². The van der Waals surface area contributed by atoms with Gasteiger partial charge in [0.25, 0.3) is 0 Å². The Morgan fingerprint density at radius 2 is 1.08 bits per heavy atom. The predicted octanol–water partition coefficient (Wildman–Crippen LogP) is 4.63. The average Bonchev–Trinajstić information content (AvgIpc) is 2.51. The molecule has 2 aromatic carbocycles. The van der Waals surface area contributed by atoms with Crippen LogP contribution in [0.5, 0.6) is 11.5 Å². The van der Waals surface area contributed by atoms with Crippen molar-refractivity contribution in [1.29, 1.82) is 0 Å². The molecule has 0 unspecified atom stereocenters. The number of hydrogen-bond acceptors (Lipinski definition) is 4. The zero-order valence-electron chi connectivity index (χ0n) is 16.1. The molecule has 0 aliphatic rings. The second-order valence-corrected chi connectivity index (χ2v) is 6.72. The van der Waals surface area contributed by atoms with Crippen molar-refractivity contribution in [2.75, 3.05) is 0 Å². The van der Waals surface area contributed by atoms with Gasteiger partial charge in [-0.3, -0.25) is 4.79 Å². The number of aryl methyl sites for hydroxylation is 6. The number of benzene rings is 2. The molecule has 133 valence electrons. The molecule has 2 rings (SSSR count). The lowest BCUT2D eigenvalue weighted by Crippen LogP contribution is -2.40. The fourth-order valence-corrected chi connectivity index (χ4v) is 3.02. The van der Waals surface area contributed by atoms with E-state index in [0.29, 0.717) is 11.5 Å². The monoisotopic (exact) mass is 340 g/mol. The van der Waals surface area contributed by atoms with Gasteiger partial charge < -0.3 is 9.68 Å². The summed E-state index contributed by atoms with van der Waals surface area (Å²) in [6, 6.07) is 7.48. The first-order valence-corrected chi connectivity index (χ1v) is 8.41. The zero-order chi connectivity index (χ0) is 18.7. The largest absolute Gasteiger partial charge is 0.370 e. The standard InChI is InChI=1S/C21H26NO3/c1-13-8-15(3)20(16(4)9-13)24-22(19(7)12-23)25-21-17(5)10-14(2)11-18(21)6/h8-11,19H,1-7H3/t19-/m0/s1. The Morgan fingerprint density at radius 1 is 0.760 bits per heavy atom. The Morgan fingerprint density at radius 3 is 1.36 bits per heavy atom. The minimum absolute atomic E-state index is 0.680. The molecule has 1 radical (unpaired) electrons. The zero-order valence-corrected chi connectivity index (χ0v) is 16.1. The molecule has 0 fully saturated rings. The van der Waals surface area contributed by atoms with E-state index in [1.807, 2.05) is 72.1 Å². The first kappa shape index (κ1) is 19.0. The molecule has 0 aliphatic carbocycles. The molecule has 2 aromatic rings. The summed E-state index contributed by atoms with van der Waals surface area (Å²) in [7, 11) is 0. The smallest absolute Gasteiger partial charge is 0.224 e. The van der Waals surface area contributed by atoms with Crippen molar-refractivity contribution in [1.82, 2.24) is 5.23 Å². The summed E-state index contributed by atoms with van der Waals surface area (Å²) in [5.41, 5.74) is 6.27. The van der Waals surface area contributed by atoms with E-state index >= 15 is 0 Å². The molecule has 0 amide bonds. The third-order valence-corrected chi connectivity index (χ3v) is 4.06. The summed E-state index contributed by atoms with van der Waals surface area (Å²) in [4.78, 5) is 23.2. The first-order chi connectivity index (χ1) is 11.7. The summed E-state index contributed by atoms with van der Waals surface area (Å²) >= 11 is 0. The van der Waals surface area contributed by atoms with Gasteiger partial charge in [0.1, 0.15) is 6.04 Å². The molecule has 0 bridgehead atoms. The van der Waals surface area contributed by atoms with Crippen molar-refractivity contribution in [3.05, 3.63) is 57.6 Å². The molecular weight excluding hydrogens is 314 g/mol. The Labute approximate surface area is 150 Å². The van der Waals surface area contributed by atoms with E-state index in [0.717, 1.165) is 33.4 Å². The van der Waals surface area contributed by atoms with Gasteiger partial charge in [0, 0.05) is 5.23 Å². The lowest BCUT2D eigenvalue weighted by Gasteiger charge is -2.27. The maximum absolute atomic E-state index is 11.2. The van der Waals surface area contributed by atoms with Gasteiger partial charge in [0.05, 0.1) is 0 Å². The lowest BCUT2D eigenvalue weighted by atomic mass is 10.1. The number of carbonyl (C=O) groups excluding carboxylic acids is 1. The van der Waals surface area contributed by atoms with Gasteiger partial charge in [-0.1, -0.05) is 35.4 Å². The molecule has 0 spiro atoms. The highest BCUT2D eigenvalue weighted by atomic mass is 17.0. The Balaban J connectivity index is 2.37. The first-order valence-electron chi connectivity index (χ1n) is 8.41. The van der Waals surface area contributed by atoms with Gasteiger partial charge >= 0.3 is 0 Å². The van der Waals surface area contributed by atoms with Crippen LogP contribution in [-0.2, 0) is 4.79 Å². The van der Waals surface area contributed by atoms with Crippen LogP contribution in [0, 0.1) is 41.5 Å². The molecule has 4 nitrogen and oxygen atoms in total. The maximum Gasteiger partial charge on any atom is 0.224 e. The minimum atomic E-state index is -0.680. The van der Waals surface area contributed by atoms with Crippen LogP contribution >= 0.6 is 0 Å². The van der Waals surface area contributed by atoms with Crippen LogP contribution in [0.3, 0.4) is 0 Å². The van der Waals surface area contributed by atoms with Crippen LogP contribution in [0.1, 0.15) is 40.3 Å². The summed E-state index contributed by atoms with van der Waals surface area (Å²) in [5, 5.41) is 1.22. The van der Waals surface area contributed by atoms with E-state index in [9.17, 15) is 4.79 Å². The van der Waals surface area contributed by atoms with E-state index in [1.165, 1.54) is 5.23 Å². The van der Waals surface area contributed by atoms with Crippen LogP contribution in [0.4, 0.5) is 0 Å². The van der Waals surface area contributed by atoms with Crippen molar-refractivity contribution < 1.29 is 14.5 Å². The van der Waals surface area contributed by atoms with Crippen LogP contribution < -0.4 is 9.68 Å². The van der Waals surface area contributed by atoms with E-state index in [4.69, 9.17) is 9.68 Å². The fraction of sp³-hybridized carbons (Fsp3) is 0.381. The Kier molecular flexibility index (Phi) is 5.85. The van der Waals surface area contributed by atoms with Crippen LogP contribution in [-0.4, -0.2) is 17.6 Å². The Bertz CT molecular complexity index is 677. The number of hydroxylamine groups is 2. The number of nitrogens with zero attached hydrogens (tertiary/aromatic N) is 1. The highest BCUT2D eigenvalue weighted by Gasteiger charge is 2.22. The van der Waals surface area contributed by atoms with E-state index in [1.54, 1.807) is 6.92 Å². The SMILES string of the molecule is Cc1cc(C)c(ON(Oc2c(C)cc(C)cc2C)[C@@H](C)[C]=O)c(C)c1. The van der Waals surface area contributed by atoms with Gasteiger partial charge in [0.15, 0.2) is 11.5 Å². The Hall–Kier alpha value is -2.33. The topological polar surface area (TPSA) is 38.8 Å².